The molecule has 1 amide bonds. The van der Waals surface area contributed by atoms with E-state index < -0.39 is 23.2 Å². The number of nitrogens with zero attached hydrogens (tertiary/aromatic N) is 3. The van der Waals surface area contributed by atoms with Crippen molar-refractivity contribution in [1.29, 1.82) is 0 Å². The maximum absolute atomic E-state index is 13.6. The van der Waals surface area contributed by atoms with Crippen molar-refractivity contribution >= 4 is 17.3 Å². The number of aromatic nitrogens is 1. The van der Waals surface area contributed by atoms with Crippen molar-refractivity contribution in [3.8, 4) is 0 Å². The molecule has 1 N–H and O–H groups in total. The summed E-state index contributed by atoms with van der Waals surface area (Å²) < 4.78 is 27.3. The molecule has 7 heteroatoms. The molecular formula is C17H18F2N4O. The number of piperazine rings is 1. The molecule has 1 fully saturated rings. The Balaban J connectivity index is 1.77. The van der Waals surface area contributed by atoms with E-state index in [9.17, 15) is 13.6 Å². The summed E-state index contributed by atoms with van der Waals surface area (Å²) in [5.41, 5.74) is 0.528. The van der Waals surface area contributed by atoms with Gasteiger partial charge in [-0.1, -0.05) is 6.07 Å². The first-order valence-corrected chi connectivity index (χ1v) is 7.69. The van der Waals surface area contributed by atoms with Gasteiger partial charge in [0.25, 0.3) is 5.91 Å². The van der Waals surface area contributed by atoms with E-state index in [4.69, 9.17) is 0 Å². The van der Waals surface area contributed by atoms with Crippen LogP contribution in [0.3, 0.4) is 0 Å². The highest BCUT2D eigenvalue weighted by molar-refractivity contribution is 6.03. The highest BCUT2D eigenvalue weighted by Crippen LogP contribution is 2.20. The number of hydrogen-bond donors (Lipinski definition) is 1. The smallest absolute Gasteiger partial charge is 0.274 e. The number of para-hydroxylation sites is 1. The summed E-state index contributed by atoms with van der Waals surface area (Å²) in [6, 6.07) is 6.89. The van der Waals surface area contributed by atoms with Crippen molar-refractivity contribution in [3.05, 3.63) is 53.9 Å². The van der Waals surface area contributed by atoms with Crippen molar-refractivity contribution in [2.75, 3.05) is 43.4 Å². The van der Waals surface area contributed by atoms with Gasteiger partial charge in [0.1, 0.15) is 23.0 Å². The summed E-state index contributed by atoms with van der Waals surface area (Å²) >= 11 is 0. The van der Waals surface area contributed by atoms with Crippen LogP contribution in [0.1, 0.15) is 10.5 Å². The molecule has 2 aromatic rings. The van der Waals surface area contributed by atoms with Gasteiger partial charge in [-0.2, -0.15) is 0 Å². The zero-order chi connectivity index (χ0) is 17.1. The maximum atomic E-state index is 13.6. The topological polar surface area (TPSA) is 48.5 Å². The fourth-order valence-corrected chi connectivity index (χ4v) is 2.60. The Bertz CT molecular complexity index is 725. The van der Waals surface area contributed by atoms with Gasteiger partial charge >= 0.3 is 0 Å². The van der Waals surface area contributed by atoms with Crippen LogP contribution in [0, 0.1) is 11.6 Å². The Morgan fingerprint density at radius 1 is 1.12 bits per heavy atom. The first kappa shape index (κ1) is 16.3. The number of carbonyl (C=O) groups excluding carboxylic acids is 1. The molecule has 0 atom stereocenters. The Morgan fingerprint density at radius 2 is 1.79 bits per heavy atom. The van der Waals surface area contributed by atoms with Crippen molar-refractivity contribution in [2.24, 2.45) is 0 Å². The largest absolute Gasteiger partial charge is 0.369 e. The minimum absolute atomic E-state index is 0.120. The summed E-state index contributed by atoms with van der Waals surface area (Å²) in [4.78, 5) is 20.7. The van der Waals surface area contributed by atoms with Crippen LogP contribution in [0.5, 0.6) is 0 Å². The zero-order valence-electron chi connectivity index (χ0n) is 13.3. The third-order valence-corrected chi connectivity index (χ3v) is 4.05. The molecule has 0 saturated carbocycles. The minimum atomic E-state index is -0.821. The van der Waals surface area contributed by atoms with Crippen molar-refractivity contribution in [2.45, 2.75) is 0 Å². The summed E-state index contributed by atoms with van der Waals surface area (Å²) in [7, 11) is 2.06. The lowest BCUT2D eigenvalue weighted by molar-refractivity contribution is 0.102. The number of pyridine rings is 1. The number of nitrogens with one attached hydrogen (secondary N) is 1. The van der Waals surface area contributed by atoms with E-state index in [1.54, 1.807) is 6.07 Å². The van der Waals surface area contributed by atoms with Gasteiger partial charge in [-0.15, -0.1) is 0 Å². The molecule has 1 aliphatic rings. The van der Waals surface area contributed by atoms with Crippen LogP contribution in [0.25, 0.3) is 0 Å². The Labute approximate surface area is 138 Å². The fourth-order valence-electron chi connectivity index (χ4n) is 2.60. The Hall–Kier alpha value is -2.54. The van der Waals surface area contributed by atoms with Crippen LogP contribution in [-0.4, -0.2) is 49.0 Å². The average Bonchev–Trinajstić information content (AvgIpc) is 2.59. The molecule has 0 unspecified atom stereocenters. The second-order valence-corrected chi connectivity index (χ2v) is 5.74. The van der Waals surface area contributed by atoms with Gasteiger partial charge in [0.15, 0.2) is 0 Å². The number of amides is 1. The number of likely N-dealkylation sites (N-methyl/N-ethyl adjacent to an activating group) is 1. The van der Waals surface area contributed by atoms with Crippen LogP contribution in [-0.2, 0) is 0 Å². The quantitative estimate of drug-likeness (QED) is 0.937. The van der Waals surface area contributed by atoms with Gasteiger partial charge in [0, 0.05) is 38.1 Å². The lowest BCUT2D eigenvalue weighted by Gasteiger charge is -2.34. The molecule has 126 valence electrons. The Kier molecular flexibility index (Phi) is 4.71. The number of anilines is 2. The SMILES string of the molecule is CN1CCN(c2ccnc(C(=O)Nc3c(F)cccc3F)c2)CC1. The maximum Gasteiger partial charge on any atom is 0.274 e. The van der Waals surface area contributed by atoms with Gasteiger partial charge in [0.05, 0.1) is 0 Å². The van der Waals surface area contributed by atoms with Gasteiger partial charge in [-0.3, -0.25) is 9.78 Å². The standard InChI is InChI=1S/C17H18F2N4O/c1-22-7-9-23(10-8-22)12-5-6-20-15(11-12)17(24)21-16-13(18)3-2-4-14(16)19/h2-6,11H,7-10H2,1H3,(H,21,24). The zero-order valence-corrected chi connectivity index (χ0v) is 13.3. The van der Waals surface area contributed by atoms with Crippen molar-refractivity contribution in [1.82, 2.24) is 9.88 Å². The second-order valence-electron chi connectivity index (χ2n) is 5.74. The van der Waals surface area contributed by atoms with Gasteiger partial charge in [0.2, 0.25) is 0 Å². The molecule has 5 nitrogen and oxygen atoms in total. The molecule has 0 aliphatic carbocycles. The lowest BCUT2D eigenvalue weighted by Crippen LogP contribution is -2.44. The highest BCUT2D eigenvalue weighted by Gasteiger charge is 2.18. The van der Waals surface area contributed by atoms with Crippen LogP contribution in [0.15, 0.2) is 36.5 Å². The average molecular weight is 332 g/mol. The monoisotopic (exact) mass is 332 g/mol. The molecule has 1 aromatic carbocycles. The van der Waals surface area contributed by atoms with E-state index in [1.807, 2.05) is 6.07 Å². The predicted molar refractivity (Wildman–Crippen MR) is 88.3 cm³/mol. The van der Waals surface area contributed by atoms with Crippen molar-refractivity contribution in [3.63, 3.8) is 0 Å². The third-order valence-electron chi connectivity index (χ3n) is 4.05. The van der Waals surface area contributed by atoms with E-state index in [2.05, 4.69) is 27.1 Å². The van der Waals surface area contributed by atoms with Gasteiger partial charge < -0.3 is 15.1 Å². The first-order valence-electron chi connectivity index (χ1n) is 7.69. The van der Waals surface area contributed by atoms with E-state index in [0.29, 0.717) is 0 Å². The summed E-state index contributed by atoms with van der Waals surface area (Å²) in [5, 5.41) is 2.25. The summed E-state index contributed by atoms with van der Waals surface area (Å²) in [6.07, 6.45) is 1.53. The molecule has 24 heavy (non-hydrogen) atoms. The first-order chi connectivity index (χ1) is 11.5. The van der Waals surface area contributed by atoms with E-state index >= 15 is 0 Å². The molecule has 1 aromatic heterocycles. The Morgan fingerprint density at radius 3 is 2.46 bits per heavy atom. The third kappa shape index (κ3) is 3.51. The van der Waals surface area contributed by atoms with E-state index in [0.717, 1.165) is 44.0 Å². The highest BCUT2D eigenvalue weighted by atomic mass is 19.1. The van der Waals surface area contributed by atoms with Crippen LogP contribution >= 0.6 is 0 Å². The number of benzene rings is 1. The molecular weight excluding hydrogens is 314 g/mol. The molecule has 0 bridgehead atoms. The van der Waals surface area contributed by atoms with E-state index in [-0.39, 0.29) is 5.69 Å². The van der Waals surface area contributed by atoms with Crippen LogP contribution in [0.4, 0.5) is 20.2 Å². The molecule has 3 rings (SSSR count). The minimum Gasteiger partial charge on any atom is -0.369 e. The van der Waals surface area contributed by atoms with Crippen LogP contribution < -0.4 is 10.2 Å². The molecule has 2 heterocycles. The molecule has 0 radical (unpaired) electrons. The predicted octanol–water partition coefficient (Wildman–Crippen LogP) is 2.36. The molecule has 1 saturated heterocycles. The number of carbonyl (C=O) groups is 1. The van der Waals surface area contributed by atoms with Gasteiger partial charge in [-0.25, -0.2) is 8.78 Å². The second kappa shape index (κ2) is 6.92. The molecule has 0 spiro atoms. The lowest BCUT2D eigenvalue weighted by atomic mass is 10.2. The number of hydrogen-bond acceptors (Lipinski definition) is 4. The summed E-state index contributed by atoms with van der Waals surface area (Å²) in [6.45, 7) is 3.57. The van der Waals surface area contributed by atoms with Gasteiger partial charge in [-0.05, 0) is 31.3 Å². The number of halogens is 2. The van der Waals surface area contributed by atoms with E-state index in [1.165, 1.54) is 12.3 Å². The fraction of sp³-hybridized carbons (Fsp3) is 0.294. The van der Waals surface area contributed by atoms with Crippen LogP contribution in [0.2, 0.25) is 0 Å². The normalized spacial score (nSPS) is 15.4. The number of rotatable bonds is 3. The summed E-state index contributed by atoms with van der Waals surface area (Å²) in [5.74, 6) is -2.29. The van der Waals surface area contributed by atoms with Crippen molar-refractivity contribution < 1.29 is 13.6 Å². The molecule has 1 aliphatic heterocycles.